The Bertz CT molecular complexity index is 2800. The van der Waals surface area contributed by atoms with Crippen molar-refractivity contribution >= 4 is 32.6 Å². The van der Waals surface area contributed by atoms with Crippen molar-refractivity contribution in [3.05, 3.63) is 197 Å². The average Bonchev–Trinajstić information content (AvgIpc) is 3.85. The highest BCUT2D eigenvalue weighted by atomic mass is 32.1. The van der Waals surface area contributed by atoms with Gasteiger partial charge in [-0.2, -0.15) is 0 Å². The second-order valence-corrected chi connectivity index (χ2v) is 16.2. The second kappa shape index (κ2) is 12.0. The minimum Gasteiger partial charge on any atom is -0.212 e. The van der Waals surface area contributed by atoms with Crippen LogP contribution in [-0.2, 0) is 5.41 Å². The van der Waals surface area contributed by atoms with Gasteiger partial charge in [0, 0.05) is 37.6 Å². The number of rotatable bonds is 4. The summed E-state index contributed by atoms with van der Waals surface area (Å²) in [6.07, 6.45) is 14.7. The van der Waals surface area contributed by atoms with E-state index >= 15 is 0 Å². The molecule has 0 saturated heterocycles. The Labute approximate surface area is 319 Å². The highest BCUT2D eigenvalue weighted by Gasteiger charge is 2.54. The first kappa shape index (κ1) is 31.5. The third-order valence-electron chi connectivity index (χ3n) is 11.9. The summed E-state index contributed by atoms with van der Waals surface area (Å²) in [6.45, 7) is 4.53. The molecule has 0 fully saturated rings. The molecule has 0 bridgehead atoms. The maximum absolute atomic E-state index is 5.46. The molecule has 4 aliphatic rings. The van der Waals surface area contributed by atoms with Gasteiger partial charge in [-0.1, -0.05) is 166 Å². The number of allylic oxidation sites excluding steroid dienone is 8. The largest absolute Gasteiger partial charge is 0.212 e. The van der Waals surface area contributed by atoms with Crippen molar-refractivity contribution in [1.82, 2.24) is 15.0 Å². The third kappa shape index (κ3) is 4.50. The molecule has 2 aromatic heterocycles. The molecule has 7 aromatic rings. The Balaban J connectivity index is 1.17. The minimum atomic E-state index is -0.434. The third-order valence-corrected chi connectivity index (χ3v) is 13.2. The van der Waals surface area contributed by atoms with Gasteiger partial charge in [-0.25, -0.2) is 15.0 Å². The first-order valence-electron chi connectivity index (χ1n) is 19.1. The van der Waals surface area contributed by atoms with Crippen molar-refractivity contribution in [3.8, 4) is 33.6 Å². The first-order chi connectivity index (χ1) is 26.6. The highest BCUT2D eigenvalue weighted by Crippen LogP contribution is 2.66. The monoisotopic (exact) mass is 711 g/mol. The van der Waals surface area contributed by atoms with Crippen LogP contribution in [0, 0.1) is 11.8 Å². The van der Waals surface area contributed by atoms with Crippen molar-refractivity contribution < 1.29 is 0 Å². The zero-order chi connectivity index (χ0) is 36.0. The van der Waals surface area contributed by atoms with E-state index in [4.69, 9.17) is 15.0 Å². The molecule has 4 atom stereocenters. The number of nitrogens with zero attached hydrogens (tertiary/aromatic N) is 3. The van der Waals surface area contributed by atoms with Gasteiger partial charge < -0.3 is 0 Å². The Morgan fingerprint density at radius 2 is 1.28 bits per heavy atom. The van der Waals surface area contributed by atoms with E-state index in [-0.39, 0.29) is 11.8 Å². The fourth-order valence-corrected chi connectivity index (χ4v) is 10.9. The highest BCUT2D eigenvalue weighted by molar-refractivity contribution is 7.20. The number of thiophene rings is 1. The van der Waals surface area contributed by atoms with Gasteiger partial charge in [-0.3, -0.25) is 0 Å². The molecule has 5 aromatic carbocycles. The lowest BCUT2D eigenvalue weighted by atomic mass is 9.74. The lowest BCUT2D eigenvalue weighted by Gasteiger charge is -2.29. The smallest absolute Gasteiger partial charge is 0.164 e. The lowest BCUT2D eigenvalue weighted by molar-refractivity contribution is 0.600. The molecule has 2 heterocycles. The van der Waals surface area contributed by atoms with E-state index < -0.39 is 5.41 Å². The Kier molecular flexibility index (Phi) is 7.03. The molecule has 4 aliphatic carbocycles. The fourth-order valence-electron chi connectivity index (χ4n) is 9.47. The molecule has 3 nitrogen and oxygen atoms in total. The van der Waals surface area contributed by atoms with Crippen LogP contribution in [-0.4, -0.2) is 15.0 Å². The zero-order valence-electron chi connectivity index (χ0n) is 30.2. The molecule has 0 amide bonds. The molecule has 0 N–H and O–H groups in total. The van der Waals surface area contributed by atoms with Gasteiger partial charge in [0.15, 0.2) is 11.6 Å². The van der Waals surface area contributed by atoms with Gasteiger partial charge in [0.25, 0.3) is 0 Å². The van der Waals surface area contributed by atoms with E-state index in [9.17, 15) is 0 Å². The van der Waals surface area contributed by atoms with Crippen LogP contribution in [0.2, 0.25) is 0 Å². The normalized spacial score (nSPS) is 21.8. The minimum absolute atomic E-state index is 0.00509. The summed E-state index contributed by atoms with van der Waals surface area (Å²) in [5.41, 5.74) is 13.2. The molecule has 0 radical (unpaired) electrons. The van der Waals surface area contributed by atoms with Gasteiger partial charge >= 0.3 is 0 Å². The summed E-state index contributed by atoms with van der Waals surface area (Å²) in [7, 11) is 0. The van der Waals surface area contributed by atoms with Crippen LogP contribution in [0.4, 0.5) is 0 Å². The van der Waals surface area contributed by atoms with Crippen LogP contribution in [0.15, 0.2) is 158 Å². The lowest BCUT2D eigenvalue weighted by Crippen LogP contribution is -2.24. The van der Waals surface area contributed by atoms with Crippen LogP contribution in [0.25, 0.3) is 54.9 Å². The van der Waals surface area contributed by atoms with Gasteiger partial charge in [-0.05, 0) is 68.8 Å². The Hall–Kier alpha value is -5.97. The zero-order valence-corrected chi connectivity index (χ0v) is 31.0. The van der Waals surface area contributed by atoms with E-state index in [1.807, 2.05) is 11.3 Å². The SMILES string of the molecule is CC1C=C(c2nc(-c3cccc4c3-c3ccccc3C43c4ccccc4-c4c3sc3ccccc43)nc(C3C=C(c4ccccc4)C=CC3C)n2)C=CC1. The number of hydrogen-bond acceptors (Lipinski definition) is 4. The standard InChI is InChI=1S/C50H37N3S/c1-30-14-12-17-34(28-30)47-51-48(53-49(52-47)39-29-33(27-26-31(39)2)32-15-4-3-5-16-32)38-21-13-24-42-44(38)35-18-6-9-22-40(35)50(42)41-23-10-7-19-36(41)45-37-20-8-11-25-43(37)54-46(45)50/h3-13,15-31,39H,14H2,1-2H3. The Morgan fingerprint density at radius 1 is 0.593 bits per heavy atom. The predicted octanol–water partition coefficient (Wildman–Crippen LogP) is 12.4. The molecular formula is C50H37N3S. The average molecular weight is 712 g/mol. The van der Waals surface area contributed by atoms with Gasteiger partial charge in [-0.15, -0.1) is 11.3 Å². The van der Waals surface area contributed by atoms with Crippen molar-refractivity contribution in [2.75, 3.05) is 0 Å². The predicted molar refractivity (Wildman–Crippen MR) is 223 cm³/mol. The number of fused-ring (bicyclic) bond motifs is 12. The molecule has 258 valence electrons. The summed E-state index contributed by atoms with van der Waals surface area (Å²) in [5.74, 6) is 2.91. The second-order valence-electron chi connectivity index (χ2n) is 15.2. The van der Waals surface area contributed by atoms with Crippen LogP contribution < -0.4 is 0 Å². The summed E-state index contributed by atoms with van der Waals surface area (Å²) >= 11 is 1.94. The fraction of sp³-hybridized carbons (Fsp3) is 0.140. The van der Waals surface area contributed by atoms with Gasteiger partial charge in [0.1, 0.15) is 5.82 Å². The molecule has 54 heavy (non-hydrogen) atoms. The van der Waals surface area contributed by atoms with E-state index in [2.05, 4.69) is 172 Å². The molecule has 4 unspecified atom stereocenters. The van der Waals surface area contributed by atoms with Crippen molar-refractivity contribution in [2.45, 2.75) is 31.6 Å². The van der Waals surface area contributed by atoms with E-state index in [0.717, 1.165) is 35.0 Å². The number of benzene rings is 5. The first-order valence-corrected chi connectivity index (χ1v) is 19.9. The molecule has 11 rings (SSSR count). The molecule has 0 saturated carbocycles. The van der Waals surface area contributed by atoms with E-state index in [1.165, 1.54) is 65.0 Å². The van der Waals surface area contributed by atoms with E-state index in [0.29, 0.717) is 5.92 Å². The van der Waals surface area contributed by atoms with Crippen LogP contribution in [0.1, 0.15) is 65.0 Å². The van der Waals surface area contributed by atoms with Crippen LogP contribution in [0.5, 0.6) is 0 Å². The Morgan fingerprint density at radius 3 is 2.09 bits per heavy atom. The molecule has 4 heteroatoms. The summed E-state index contributed by atoms with van der Waals surface area (Å²) < 4.78 is 1.33. The maximum Gasteiger partial charge on any atom is 0.164 e. The molecular weight excluding hydrogens is 675 g/mol. The maximum atomic E-state index is 5.46. The van der Waals surface area contributed by atoms with Gasteiger partial charge in [0.2, 0.25) is 0 Å². The van der Waals surface area contributed by atoms with Crippen LogP contribution in [0.3, 0.4) is 0 Å². The van der Waals surface area contributed by atoms with Crippen molar-refractivity contribution in [3.63, 3.8) is 0 Å². The van der Waals surface area contributed by atoms with Crippen molar-refractivity contribution in [2.24, 2.45) is 11.8 Å². The number of aromatic nitrogens is 3. The quantitative estimate of drug-likeness (QED) is 0.182. The topological polar surface area (TPSA) is 38.7 Å². The summed E-state index contributed by atoms with van der Waals surface area (Å²) in [4.78, 5) is 17.5. The van der Waals surface area contributed by atoms with Gasteiger partial charge in [0.05, 0.1) is 5.41 Å². The summed E-state index contributed by atoms with van der Waals surface area (Å²) in [6, 6.07) is 44.4. The number of hydrogen-bond donors (Lipinski definition) is 0. The molecule has 0 aliphatic heterocycles. The molecule has 1 spiro atoms. The van der Waals surface area contributed by atoms with E-state index in [1.54, 1.807) is 0 Å². The van der Waals surface area contributed by atoms with Crippen molar-refractivity contribution in [1.29, 1.82) is 0 Å². The van der Waals surface area contributed by atoms with Crippen LogP contribution >= 0.6 is 11.3 Å². The summed E-state index contributed by atoms with van der Waals surface area (Å²) in [5, 5.41) is 1.33.